The second-order valence-electron chi connectivity index (χ2n) is 4.06. The van der Waals surface area contributed by atoms with Crippen molar-refractivity contribution in [3.63, 3.8) is 0 Å². The minimum absolute atomic E-state index is 0.789. The van der Waals surface area contributed by atoms with Gasteiger partial charge in [0.15, 0.2) is 0 Å². The maximum Gasteiger partial charge on any atom is 0.0195 e. The Morgan fingerprint density at radius 2 is 2.08 bits per heavy atom. The van der Waals surface area contributed by atoms with E-state index in [2.05, 4.69) is 22.0 Å². The Hall–Kier alpha value is 0.270. The Labute approximate surface area is 85.4 Å². The lowest BCUT2D eigenvalue weighted by Gasteiger charge is -2.32. The van der Waals surface area contributed by atoms with E-state index >= 15 is 0 Å². The van der Waals surface area contributed by atoms with Gasteiger partial charge in [0.25, 0.3) is 0 Å². The van der Waals surface area contributed by atoms with Crippen LogP contribution in [0.4, 0.5) is 0 Å². The van der Waals surface area contributed by atoms with Gasteiger partial charge in [0, 0.05) is 37.2 Å². The van der Waals surface area contributed by atoms with E-state index in [0.29, 0.717) is 0 Å². The van der Waals surface area contributed by atoms with Crippen LogP contribution in [-0.4, -0.2) is 48.6 Å². The van der Waals surface area contributed by atoms with E-state index in [1.807, 2.05) is 0 Å². The molecule has 2 aliphatic rings. The SMILES string of the molecule is C1CCC(CN2CCSCC2)NC1. The molecule has 2 fully saturated rings. The van der Waals surface area contributed by atoms with Crippen molar-refractivity contribution in [2.75, 3.05) is 37.7 Å². The molecule has 0 amide bonds. The molecule has 1 atom stereocenters. The Balaban J connectivity index is 1.69. The number of thioether (sulfide) groups is 1. The number of nitrogens with one attached hydrogen (secondary N) is 1. The highest BCUT2D eigenvalue weighted by molar-refractivity contribution is 7.99. The van der Waals surface area contributed by atoms with E-state index in [4.69, 9.17) is 0 Å². The fraction of sp³-hybridized carbons (Fsp3) is 1.00. The molecular formula is C10H20N2S. The zero-order valence-corrected chi connectivity index (χ0v) is 9.11. The van der Waals surface area contributed by atoms with Crippen LogP contribution in [0, 0.1) is 0 Å². The Morgan fingerprint density at radius 1 is 1.23 bits per heavy atom. The molecule has 2 heterocycles. The lowest BCUT2D eigenvalue weighted by atomic mass is 10.0. The second-order valence-corrected chi connectivity index (χ2v) is 5.28. The molecule has 2 nitrogen and oxygen atoms in total. The molecule has 0 radical (unpaired) electrons. The van der Waals surface area contributed by atoms with Crippen molar-refractivity contribution in [3.8, 4) is 0 Å². The average Bonchev–Trinajstić information content (AvgIpc) is 2.21. The molecule has 0 saturated carbocycles. The molecule has 2 rings (SSSR count). The van der Waals surface area contributed by atoms with Crippen LogP contribution in [0.2, 0.25) is 0 Å². The first kappa shape index (κ1) is 9.81. The minimum atomic E-state index is 0.789. The maximum absolute atomic E-state index is 3.62. The van der Waals surface area contributed by atoms with Crippen LogP contribution in [0.3, 0.4) is 0 Å². The first-order valence-corrected chi connectivity index (χ1v) is 6.64. The lowest BCUT2D eigenvalue weighted by Crippen LogP contribution is -2.46. The van der Waals surface area contributed by atoms with Crippen molar-refractivity contribution >= 4 is 11.8 Å². The molecule has 2 aliphatic heterocycles. The quantitative estimate of drug-likeness (QED) is 0.720. The van der Waals surface area contributed by atoms with E-state index in [9.17, 15) is 0 Å². The van der Waals surface area contributed by atoms with Crippen molar-refractivity contribution in [3.05, 3.63) is 0 Å². The summed E-state index contributed by atoms with van der Waals surface area (Å²) >= 11 is 2.10. The monoisotopic (exact) mass is 200 g/mol. The number of hydrogen-bond acceptors (Lipinski definition) is 3. The van der Waals surface area contributed by atoms with Gasteiger partial charge in [-0.05, 0) is 19.4 Å². The van der Waals surface area contributed by atoms with Gasteiger partial charge >= 0.3 is 0 Å². The van der Waals surface area contributed by atoms with Gasteiger partial charge < -0.3 is 10.2 Å². The van der Waals surface area contributed by atoms with Crippen molar-refractivity contribution in [1.29, 1.82) is 0 Å². The van der Waals surface area contributed by atoms with Gasteiger partial charge in [0.1, 0.15) is 0 Å². The summed E-state index contributed by atoms with van der Waals surface area (Å²) in [6, 6.07) is 0.789. The predicted molar refractivity (Wildman–Crippen MR) is 59.4 cm³/mol. The van der Waals surface area contributed by atoms with Gasteiger partial charge in [-0.3, -0.25) is 0 Å². The zero-order valence-electron chi connectivity index (χ0n) is 8.30. The van der Waals surface area contributed by atoms with Crippen LogP contribution >= 0.6 is 11.8 Å². The second kappa shape index (κ2) is 5.23. The van der Waals surface area contributed by atoms with Gasteiger partial charge in [0.2, 0.25) is 0 Å². The van der Waals surface area contributed by atoms with E-state index < -0.39 is 0 Å². The third-order valence-electron chi connectivity index (χ3n) is 2.99. The molecule has 0 aromatic heterocycles. The fourth-order valence-corrected chi connectivity index (χ4v) is 3.15. The van der Waals surface area contributed by atoms with Crippen LogP contribution in [0.15, 0.2) is 0 Å². The molecule has 3 heteroatoms. The molecule has 13 heavy (non-hydrogen) atoms. The Bertz CT molecular complexity index is 124. The van der Waals surface area contributed by atoms with Gasteiger partial charge in [-0.2, -0.15) is 11.8 Å². The summed E-state index contributed by atoms with van der Waals surface area (Å²) in [6.07, 6.45) is 4.20. The van der Waals surface area contributed by atoms with Crippen LogP contribution in [0.1, 0.15) is 19.3 Å². The third-order valence-corrected chi connectivity index (χ3v) is 3.94. The van der Waals surface area contributed by atoms with E-state index in [0.717, 1.165) is 6.04 Å². The van der Waals surface area contributed by atoms with E-state index in [1.54, 1.807) is 0 Å². The summed E-state index contributed by atoms with van der Waals surface area (Å²) in [5, 5.41) is 3.62. The van der Waals surface area contributed by atoms with Crippen LogP contribution in [0.25, 0.3) is 0 Å². The van der Waals surface area contributed by atoms with Crippen LogP contribution in [0.5, 0.6) is 0 Å². The van der Waals surface area contributed by atoms with Crippen molar-refractivity contribution in [1.82, 2.24) is 10.2 Å². The molecule has 2 saturated heterocycles. The molecule has 76 valence electrons. The van der Waals surface area contributed by atoms with E-state index in [1.165, 1.54) is 56.9 Å². The highest BCUT2D eigenvalue weighted by Crippen LogP contribution is 2.12. The molecule has 0 aromatic rings. The van der Waals surface area contributed by atoms with Gasteiger partial charge in [0.05, 0.1) is 0 Å². The third kappa shape index (κ3) is 3.15. The number of hydrogen-bond donors (Lipinski definition) is 1. The summed E-state index contributed by atoms with van der Waals surface area (Å²) in [4.78, 5) is 2.62. The summed E-state index contributed by atoms with van der Waals surface area (Å²) in [5.41, 5.74) is 0. The number of piperidine rings is 1. The molecular weight excluding hydrogens is 180 g/mol. The standard InChI is InChI=1S/C10H20N2S/c1-2-4-11-10(3-1)9-12-5-7-13-8-6-12/h10-11H,1-9H2. The minimum Gasteiger partial charge on any atom is -0.313 e. The lowest BCUT2D eigenvalue weighted by molar-refractivity contribution is 0.242. The highest BCUT2D eigenvalue weighted by atomic mass is 32.2. The van der Waals surface area contributed by atoms with Crippen LogP contribution in [-0.2, 0) is 0 Å². The number of nitrogens with zero attached hydrogens (tertiary/aromatic N) is 1. The Morgan fingerprint density at radius 3 is 2.77 bits per heavy atom. The summed E-state index contributed by atoms with van der Waals surface area (Å²) < 4.78 is 0. The predicted octanol–water partition coefficient (Wildman–Crippen LogP) is 1.18. The zero-order chi connectivity index (χ0) is 8.93. The largest absolute Gasteiger partial charge is 0.313 e. The molecule has 0 aliphatic carbocycles. The van der Waals surface area contributed by atoms with Crippen molar-refractivity contribution in [2.45, 2.75) is 25.3 Å². The van der Waals surface area contributed by atoms with Gasteiger partial charge in [-0.1, -0.05) is 6.42 Å². The topological polar surface area (TPSA) is 15.3 Å². The normalized spacial score (nSPS) is 31.8. The molecule has 0 bridgehead atoms. The molecule has 1 N–H and O–H groups in total. The highest BCUT2D eigenvalue weighted by Gasteiger charge is 2.17. The summed E-state index contributed by atoms with van der Waals surface area (Å²) in [7, 11) is 0. The maximum atomic E-state index is 3.62. The Kier molecular flexibility index (Phi) is 3.94. The van der Waals surface area contributed by atoms with E-state index in [-0.39, 0.29) is 0 Å². The van der Waals surface area contributed by atoms with Gasteiger partial charge in [-0.25, -0.2) is 0 Å². The summed E-state index contributed by atoms with van der Waals surface area (Å²) in [6.45, 7) is 5.15. The van der Waals surface area contributed by atoms with Gasteiger partial charge in [-0.15, -0.1) is 0 Å². The van der Waals surface area contributed by atoms with Crippen molar-refractivity contribution in [2.24, 2.45) is 0 Å². The smallest absolute Gasteiger partial charge is 0.0195 e. The molecule has 0 aromatic carbocycles. The number of rotatable bonds is 2. The first-order chi connectivity index (χ1) is 6.45. The average molecular weight is 200 g/mol. The van der Waals surface area contributed by atoms with Crippen LogP contribution < -0.4 is 5.32 Å². The first-order valence-electron chi connectivity index (χ1n) is 5.48. The molecule has 1 unspecified atom stereocenters. The fourth-order valence-electron chi connectivity index (χ4n) is 2.18. The summed E-state index contributed by atoms with van der Waals surface area (Å²) in [5.74, 6) is 2.68. The van der Waals surface area contributed by atoms with Crippen molar-refractivity contribution < 1.29 is 0 Å². The molecule has 0 spiro atoms.